The van der Waals surface area contributed by atoms with Gasteiger partial charge in [0.25, 0.3) is 0 Å². The second-order valence-electron chi connectivity index (χ2n) is 17.2. The Labute approximate surface area is 322 Å². The van der Waals surface area contributed by atoms with Crippen LogP contribution >= 0.6 is 0 Å². The standard InChI is InChI=1S/C39H72N2O13/c1-16-27-39(10,45)32(42)22(4)29(40-46)20(2)18-38(9,49-15)34(54-36-31(47-13)26(41(11)12)17-21(3)50-36)23(5)30(24(6)35(44)52-27)53-28-19-37(8,48-14)33(43)25(7)51-28/h20-34,36,42-43,45H,16-19H2,1-15H3/t20-,21-,22+,23+,24-,25+,26+,27-,28+,29?,30+,31-,32-,33+,34-,36+,37-,38+,39-/m1/s1. The van der Waals surface area contributed by atoms with Crippen molar-refractivity contribution < 1.29 is 58.0 Å². The van der Waals surface area contributed by atoms with Gasteiger partial charge in [0.05, 0.1) is 53.7 Å². The molecule has 0 aromatic rings. The number of aliphatic hydroxyl groups excluding tert-OH is 2. The molecule has 3 heterocycles. The van der Waals surface area contributed by atoms with Crippen molar-refractivity contribution in [1.29, 1.82) is 0 Å². The summed E-state index contributed by atoms with van der Waals surface area (Å²) in [5.41, 5.74) is -4.12. The molecule has 3 aliphatic rings. The zero-order chi connectivity index (χ0) is 41.1. The number of aliphatic hydroxyl groups is 3. The molecule has 3 N–H and O–H groups in total. The van der Waals surface area contributed by atoms with E-state index in [9.17, 15) is 25.0 Å². The monoisotopic (exact) mass is 777 g/mol. The van der Waals surface area contributed by atoms with E-state index < -0.39 is 108 Å². The third-order valence-corrected chi connectivity index (χ3v) is 12.9. The molecule has 3 fully saturated rings. The van der Waals surface area contributed by atoms with Gasteiger partial charge < -0.3 is 58.1 Å². The highest BCUT2D eigenvalue weighted by atomic mass is 16.7. The van der Waals surface area contributed by atoms with Gasteiger partial charge in [0.2, 0.25) is 0 Å². The minimum Gasteiger partial charge on any atom is -0.459 e. The number of esters is 1. The molecule has 0 bridgehead atoms. The van der Waals surface area contributed by atoms with Crippen LogP contribution in [0.1, 0.15) is 94.9 Å². The van der Waals surface area contributed by atoms with Crippen LogP contribution in [0.25, 0.3) is 0 Å². The fourth-order valence-electron chi connectivity index (χ4n) is 9.21. The van der Waals surface area contributed by atoms with Gasteiger partial charge in [-0.05, 0) is 80.8 Å². The summed E-state index contributed by atoms with van der Waals surface area (Å²) in [5, 5.41) is 37.8. The van der Waals surface area contributed by atoms with Crippen molar-refractivity contribution in [3.63, 3.8) is 0 Å². The van der Waals surface area contributed by atoms with E-state index in [0.29, 0.717) is 6.42 Å². The minimum absolute atomic E-state index is 0.0498. The molecule has 0 aromatic carbocycles. The van der Waals surface area contributed by atoms with Crippen LogP contribution in [0.15, 0.2) is 5.18 Å². The van der Waals surface area contributed by atoms with E-state index in [1.807, 2.05) is 41.8 Å². The number of rotatable bonds is 10. The number of hydrogen-bond donors (Lipinski definition) is 3. The summed E-state index contributed by atoms with van der Waals surface area (Å²) >= 11 is 0. The molecule has 15 nitrogen and oxygen atoms in total. The Kier molecular flexibility index (Phi) is 16.5. The molecule has 3 aliphatic heterocycles. The summed E-state index contributed by atoms with van der Waals surface area (Å²) in [6.45, 7) is 17.6. The van der Waals surface area contributed by atoms with Gasteiger partial charge in [0.15, 0.2) is 12.6 Å². The predicted octanol–water partition coefficient (Wildman–Crippen LogP) is 3.66. The van der Waals surface area contributed by atoms with Crippen molar-refractivity contribution in [1.82, 2.24) is 4.90 Å². The highest BCUT2D eigenvalue weighted by Crippen LogP contribution is 2.43. The van der Waals surface area contributed by atoms with Gasteiger partial charge in [-0.3, -0.25) is 4.79 Å². The second-order valence-corrected chi connectivity index (χ2v) is 17.2. The van der Waals surface area contributed by atoms with Crippen molar-refractivity contribution in [3.05, 3.63) is 4.91 Å². The molecule has 0 radical (unpaired) electrons. The molecule has 0 spiro atoms. The Hall–Kier alpha value is -1.37. The molecule has 316 valence electrons. The molecule has 1 unspecified atom stereocenters. The zero-order valence-electron chi connectivity index (χ0n) is 35.4. The number of cyclic esters (lactones) is 1. The fraction of sp³-hybridized carbons (Fsp3) is 0.974. The van der Waals surface area contributed by atoms with Crippen LogP contribution in [0.4, 0.5) is 0 Å². The second kappa shape index (κ2) is 18.9. The van der Waals surface area contributed by atoms with Crippen LogP contribution in [0, 0.1) is 28.6 Å². The van der Waals surface area contributed by atoms with Crippen LogP contribution in [0.5, 0.6) is 0 Å². The van der Waals surface area contributed by atoms with Gasteiger partial charge in [0.1, 0.15) is 23.9 Å². The first-order chi connectivity index (χ1) is 25.1. The molecular weight excluding hydrogens is 704 g/mol. The number of carbonyl (C=O) groups excluding carboxylic acids is 1. The van der Waals surface area contributed by atoms with E-state index in [1.165, 1.54) is 14.0 Å². The number of nitrogens with zero attached hydrogens (tertiary/aromatic N) is 2. The number of hydrogen-bond acceptors (Lipinski definition) is 15. The molecule has 0 saturated carbocycles. The Morgan fingerprint density at radius 3 is 2.00 bits per heavy atom. The first kappa shape index (κ1) is 47.0. The maximum Gasteiger partial charge on any atom is 0.311 e. The van der Waals surface area contributed by atoms with Crippen LogP contribution in [-0.4, -0.2) is 152 Å². The summed E-state index contributed by atoms with van der Waals surface area (Å²) in [6.07, 6.45) is -7.31. The lowest BCUT2D eigenvalue weighted by atomic mass is 9.72. The third-order valence-electron chi connectivity index (χ3n) is 12.9. The summed E-state index contributed by atoms with van der Waals surface area (Å²) in [5.74, 6) is -3.63. The Balaban J connectivity index is 2.26. The first-order valence-corrected chi connectivity index (χ1v) is 19.6. The summed E-state index contributed by atoms with van der Waals surface area (Å²) in [7, 11) is 8.65. The molecule has 15 heteroatoms. The fourth-order valence-corrected chi connectivity index (χ4v) is 9.21. The van der Waals surface area contributed by atoms with E-state index in [0.717, 1.165) is 0 Å². The molecule has 0 aromatic heterocycles. The summed E-state index contributed by atoms with van der Waals surface area (Å²) in [6, 6.07) is -1.02. The van der Waals surface area contributed by atoms with Gasteiger partial charge in [-0.25, -0.2) is 0 Å². The van der Waals surface area contributed by atoms with Crippen molar-refractivity contribution in [2.24, 2.45) is 28.8 Å². The van der Waals surface area contributed by atoms with Crippen molar-refractivity contribution in [2.45, 2.75) is 185 Å². The van der Waals surface area contributed by atoms with Gasteiger partial charge in [-0.1, -0.05) is 32.9 Å². The Bertz CT molecular complexity index is 1210. The van der Waals surface area contributed by atoms with Gasteiger partial charge >= 0.3 is 5.97 Å². The lowest BCUT2D eigenvalue weighted by Gasteiger charge is -2.50. The summed E-state index contributed by atoms with van der Waals surface area (Å²) < 4.78 is 50.8. The maximum atomic E-state index is 14.3. The molecule has 54 heavy (non-hydrogen) atoms. The van der Waals surface area contributed by atoms with Crippen LogP contribution in [0.3, 0.4) is 0 Å². The zero-order valence-corrected chi connectivity index (χ0v) is 35.4. The molecular formula is C39H72N2O13. The Morgan fingerprint density at radius 2 is 1.48 bits per heavy atom. The Morgan fingerprint density at radius 1 is 0.870 bits per heavy atom. The molecule has 3 rings (SSSR count). The molecule has 3 saturated heterocycles. The quantitative estimate of drug-likeness (QED) is 0.216. The summed E-state index contributed by atoms with van der Waals surface area (Å²) in [4.78, 5) is 29.0. The first-order valence-electron chi connectivity index (χ1n) is 19.6. The highest BCUT2D eigenvalue weighted by Gasteiger charge is 2.54. The topological polar surface area (TPSA) is 184 Å². The SMILES string of the molecule is CC[C@H]1OC(=O)[C@H](C)[C@@H](O[C@H]2C[C@@](C)(OC)[C@@H](O)[C@H](C)O2)[C@H](C)[C@@H](O[C@@H]2O[C@H](C)C[C@H](N(C)C)[C@H]2OC)[C@@](C)(OC)C[C@@H](C)C(N=O)[C@H](C)[C@@H](O)[C@]1(C)O. The normalized spacial score (nSPS) is 48.9. The van der Waals surface area contributed by atoms with E-state index >= 15 is 0 Å². The van der Waals surface area contributed by atoms with E-state index in [1.54, 1.807) is 48.8 Å². The number of nitroso groups, excluding NO2 is 1. The smallest absolute Gasteiger partial charge is 0.311 e. The van der Waals surface area contributed by atoms with Crippen LogP contribution in [0.2, 0.25) is 0 Å². The van der Waals surface area contributed by atoms with E-state index in [4.69, 9.17) is 37.9 Å². The maximum absolute atomic E-state index is 14.3. The average molecular weight is 777 g/mol. The number of ether oxygens (including phenoxy) is 8. The number of likely N-dealkylation sites (N-methyl/N-ethyl adjacent to an activating group) is 1. The number of carbonyl (C=O) groups is 1. The van der Waals surface area contributed by atoms with Crippen LogP contribution < -0.4 is 0 Å². The van der Waals surface area contributed by atoms with E-state index in [2.05, 4.69) is 10.1 Å². The lowest BCUT2D eigenvalue weighted by Crippen LogP contribution is -2.62. The molecule has 19 atom stereocenters. The lowest BCUT2D eigenvalue weighted by molar-refractivity contribution is -0.321. The number of methoxy groups -OCH3 is 3. The van der Waals surface area contributed by atoms with E-state index in [-0.39, 0.29) is 31.4 Å². The van der Waals surface area contributed by atoms with Crippen molar-refractivity contribution >= 4 is 5.97 Å². The van der Waals surface area contributed by atoms with Crippen molar-refractivity contribution in [2.75, 3.05) is 35.4 Å². The predicted molar refractivity (Wildman–Crippen MR) is 200 cm³/mol. The van der Waals surface area contributed by atoms with Crippen molar-refractivity contribution in [3.8, 4) is 0 Å². The van der Waals surface area contributed by atoms with Gasteiger partial charge in [0, 0.05) is 45.6 Å². The largest absolute Gasteiger partial charge is 0.459 e. The van der Waals surface area contributed by atoms with Gasteiger partial charge in [-0.15, -0.1) is 0 Å². The van der Waals surface area contributed by atoms with Gasteiger partial charge in [-0.2, -0.15) is 4.91 Å². The minimum atomic E-state index is -1.93. The molecule has 0 aliphatic carbocycles. The molecule has 0 amide bonds. The highest BCUT2D eigenvalue weighted by molar-refractivity contribution is 5.73. The average Bonchev–Trinajstić information content (AvgIpc) is 3.12. The third kappa shape index (κ3) is 9.83. The van der Waals surface area contributed by atoms with Crippen LogP contribution in [-0.2, 0) is 42.7 Å².